The molecule has 0 aromatic heterocycles. The lowest BCUT2D eigenvalue weighted by Gasteiger charge is -2.59. The Morgan fingerprint density at radius 1 is 1.17 bits per heavy atom. The van der Waals surface area contributed by atoms with Crippen LogP contribution < -0.4 is 4.74 Å². The minimum Gasteiger partial charge on any atom is -0.468 e. The zero-order valence-corrected chi connectivity index (χ0v) is 18.9. The topological polar surface area (TPSA) is 52.6 Å². The first-order valence-corrected chi connectivity index (χ1v) is 12.7. The van der Waals surface area contributed by atoms with Gasteiger partial charge in [0.1, 0.15) is 5.75 Å². The summed E-state index contributed by atoms with van der Waals surface area (Å²) in [5, 5.41) is 0. The maximum absolute atomic E-state index is 13.1. The van der Waals surface area contributed by atoms with Gasteiger partial charge in [0.2, 0.25) is 0 Å². The molecule has 1 aromatic carbocycles. The van der Waals surface area contributed by atoms with Crippen LogP contribution >= 0.6 is 23.5 Å². The van der Waals surface area contributed by atoms with Crippen molar-refractivity contribution in [2.75, 3.05) is 18.1 Å². The van der Waals surface area contributed by atoms with Gasteiger partial charge in [0.05, 0.1) is 16.1 Å². The van der Waals surface area contributed by atoms with Crippen molar-refractivity contribution in [3.8, 4) is 5.75 Å². The molecule has 3 fully saturated rings. The first-order chi connectivity index (χ1) is 14.1. The average Bonchev–Trinajstić information content (AvgIpc) is 3.21. The monoisotopic (exact) mass is 434 g/mol. The Balaban J connectivity index is 0.000000369. The van der Waals surface area contributed by atoms with Gasteiger partial charge in [0, 0.05) is 17.4 Å². The Morgan fingerprint density at radius 2 is 1.86 bits per heavy atom. The summed E-state index contributed by atoms with van der Waals surface area (Å²) in [5.41, 5.74) is 0.935. The highest BCUT2D eigenvalue weighted by molar-refractivity contribution is 8.21. The molecule has 4 unspecified atom stereocenters. The van der Waals surface area contributed by atoms with Crippen LogP contribution in [0.1, 0.15) is 57.4 Å². The first kappa shape index (κ1) is 21.1. The summed E-state index contributed by atoms with van der Waals surface area (Å²) in [6.07, 6.45) is 6.21. The molecule has 4 atom stereocenters. The van der Waals surface area contributed by atoms with Crippen LogP contribution in [0.15, 0.2) is 24.3 Å². The lowest BCUT2D eigenvalue weighted by molar-refractivity contribution is -0.159. The first-order valence-electron chi connectivity index (χ1n) is 10.7. The van der Waals surface area contributed by atoms with E-state index in [4.69, 9.17) is 4.74 Å². The summed E-state index contributed by atoms with van der Waals surface area (Å²) < 4.78 is 10.3. The minimum absolute atomic E-state index is 0.0333. The highest BCUT2D eigenvalue weighted by Gasteiger charge is 2.65. The normalized spacial score (nSPS) is 34.0. The predicted octanol–water partition coefficient (Wildman–Crippen LogP) is 5.26. The molecule has 2 heterocycles. The third kappa shape index (κ3) is 3.50. The molecule has 0 N–H and O–H groups in total. The SMILES string of the molecule is CC12C(=O)Oc3ccccc3C1CC1(SCCS1)C1CCCCC12.CCOC=O. The van der Waals surface area contributed by atoms with E-state index in [1.54, 1.807) is 6.92 Å². The van der Waals surface area contributed by atoms with Gasteiger partial charge >= 0.3 is 5.97 Å². The van der Waals surface area contributed by atoms with Crippen molar-refractivity contribution < 1.29 is 19.1 Å². The molecule has 4 aliphatic rings. The van der Waals surface area contributed by atoms with E-state index in [0.29, 0.717) is 34.9 Å². The van der Waals surface area contributed by atoms with Gasteiger partial charge in [0.15, 0.2) is 0 Å². The lowest BCUT2D eigenvalue weighted by Crippen LogP contribution is -2.58. The lowest BCUT2D eigenvalue weighted by atomic mass is 9.51. The third-order valence-electron chi connectivity index (χ3n) is 7.26. The van der Waals surface area contributed by atoms with E-state index in [1.165, 1.54) is 42.8 Å². The van der Waals surface area contributed by atoms with E-state index in [2.05, 4.69) is 47.3 Å². The molecule has 0 bridgehead atoms. The van der Waals surface area contributed by atoms with Crippen LogP contribution in [0.4, 0.5) is 0 Å². The molecule has 1 aromatic rings. The number of hydrogen-bond acceptors (Lipinski definition) is 6. The number of esters is 1. The largest absolute Gasteiger partial charge is 0.468 e. The Bertz CT molecular complexity index is 761. The molecule has 0 radical (unpaired) electrons. The standard InChI is InChI=1S/C20H24O2S2.C3H6O2/c1-19-14-7-3-4-8-15(14)20(23-10-11-24-20)12-16(19)13-6-2-5-9-17(13)22-18(19)21;1-2-5-3-4/h2,5-6,9,14-16H,3-4,7-8,10-12H2,1H3;3H,2H2,1H3. The molecule has 1 spiro atoms. The van der Waals surface area contributed by atoms with Crippen molar-refractivity contribution in [3.05, 3.63) is 29.8 Å². The van der Waals surface area contributed by atoms with E-state index in [9.17, 15) is 9.59 Å². The molecule has 5 rings (SSSR count). The van der Waals surface area contributed by atoms with Gasteiger partial charge in [-0.05, 0) is 56.6 Å². The van der Waals surface area contributed by atoms with Crippen molar-refractivity contribution in [2.24, 2.45) is 17.3 Å². The van der Waals surface area contributed by atoms with Crippen molar-refractivity contribution in [1.82, 2.24) is 0 Å². The van der Waals surface area contributed by atoms with Crippen molar-refractivity contribution >= 4 is 36.0 Å². The van der Waals surface area contributed by atoms with Crippen LogP contribution in [-0.4, -0.2) is 34.6 Å². The summed E-state index contributed by atoms with van der Waals surface area (Å²) in [5.74, 6) is 4.83. The van der Waals surface area contributed by atoms with Crippen LogP contribution in [-0.2, 0) is 14.3 Å². The molecule has 29 heavy (non-hydrogen) atoms. The molecule has 6 heteroatoms. The average molecular weight is 435 g/mol. The summed E-state index contributed by atoms with van der Waals surface area (Å²) in [4.78, 5) is 22.3. The van der Waals surface area contributed by atoms with Crippen LogP contribution in [0.25, 0.3) is 0 Å². The number of rotatable bonds is 2. The van der Waals surface area contributed by atoms with Gasteiger partial charge in [-0.25, -0.2) is 0 Å². The van der Waals surface area contributed by atoms with Crippen molar-refractivity contribution in [1.29, 1.82) is 0 Å². The Labute approximate surface area is 181 Å². The Kier molecular flexibility index (Phi) is 6.22. The van der Waals surface area contributed by atoms with Crippen LogP contribution in [0, 0.1) is 17.3 Å². The molecule has 158 valence electrons. The fourth-order valence-electron chi connectivity index (χ4n) is 5.95. The zero-order chi connectivity index (χ0) is 20.5. The van der Waals surface area contributed by atoms with Gasteiger partial charge in [0.25, 0.3) is 6.47 Å². The number of hydrogen-bond donors (Lipinski definition) is 0. The Morgan fingerprint density at radius 3 is 2.52 bits per heavy atom. The molecule has 2 aliphatic carbocycles. The number of para-hydroxylation sites is 1. The predicted molar refractivity (Wildman–Crippen MR) is 118 cm³/mol. The van der Waals surface area contributed by atoms with Gasteiger partial charge in [-0.1, -0.05) is 31.0 Å². The number of carbonyl (C=O) groups excluding carboxylic acids is 2. The fraction of sp³-hybridized carbons (Fsp3) is 0.652. The second kappa shape index (κ2) is 8.54. The number of ether oxygens (including phenoxy) is 2. The maximum Gasteiger partial charge on any atom is 0.318 e. The van der Waals surface area contributed by atoms with E-state index in [-0.39, 0.29) is 11.4 Å². The molecular weight excluding hydrogens is 404 g/mol. The van der Waals surface area contributed by atoms with Crippen LogP contribution in [0.3, 0.4) is 0 Å². The molecule has 2 saturated carbocycles. The van der Waals surface area contributed by atoms with Crippen LogP contribution in [0.5, 0.6) is 5.75 Å². The number of fused-ring (bicyclic) bond motifs is 6. The second-order valence-corrected chi connectivity index (χ2v) is 11.6. The summed E-state index contributed by atoms with van der Waals surface area (Å²) in [6.45, 7) is 4.88. The molecule has 4 nitrogen and oxygen atoms in total. The van der Waals surface area contributed by atoms with E-state index < -0.39 is 0 Å². The van der Waals surface area contributed by atoms with Crippen molar-refractivity contribution in [3.63, 3.8) is 0 Å². The highest BCUT2D eigenvalue weighted by Crippen LogP contribution is 2.70. The summed E-state index contributed by atoms with van der Waals surface area (Å²) in [7, 11) is 0. The highest BCUT2D eigenvalue weighted by atomic mass is 32.2. The smallest absolute Gasteiger partial charge is 0.318 e. The molecule has 1 saturated heterocycles. The number of thioether (sulfide) groups is 2. The summed E-state index contributed by atoms with van der Waals surface area (Å²) >= 11 is 4.39. The molecular formula is C23H30O4S2. The number of carbonyl (C=O) groups is 2. The number of benzene rings is 1. The molecule has 0 amide bonds. The molecule has 2 aliphatic heterocycles. The van der Waals surface area contributed by atoms with E-state index in [0.717, 1.165) is 12.2 Å². The quantitative estimate of drug-likeness (QED) is 0.359. The van der Waals surface area contributed by atoms with E-state index >= 15 is 0 Å². The van der Waals surface area contributed by atoms with Crippen molar-refractivity contribution in [2.45, 2.75) is 55.9 Å². The maximum atomic E-state index is 13.1. The van der Waals surface area contributed by atoms with Gasteiger partial charge < -0.3 is 9.47 Å². The Hall–Kier alpha value is -1.14. The second-order valence-electron chi connectivity index (χ2n) is 8.52. The van der Waals surface area contributed by atoms with E-state index in [1.807, 2.05) is 12.1 Å². The zero-order valence-electron chi connectivity index (χ0n) is 17.2. The van der Waals surface area contributed by atoms with Gasteiger partial charge in [-0.3, -0.25) is 9.59 Å². The minimum atomic E-state index is -0.339. The van der Waals surface area contributed by atoms with Gasteiger partial charge in [-0.15, -0.1) is 23.5 Å². The van der Waals surface area contributed by atoms with Crippen LogP contribution in [0.2, 0.25) is 0 Å². The fourth-order valence-corrected chi connectivity index (χ4v) is 9.70. The van der Waals surface area contributed by atoms with Gasteiger partial charge in [-0.2, -0.15) is 0 Å². The summed E-state index contributed by atoms with van der Waals surface area (Å²) in [6, 6.07) is 8.26. The third-order valence-corrected chi connectivity index (χ3v) is 11.0.